The molecule has 144 valence electrons. The molecular formula is C23H26N4O. The Balaban J connectivity index is 1.56. The van der Waals surface area contributed by atoms with Gasteiger partial charge >= 0.3 is 0 Å². The number of aromatic nitrogens is 2. The molecule has 1 unspecified atom stereocenters. The molecule has 5 nitrogen and oxygen atoms in total. The number of rotatable bonds is 6. The van der Waals surface area contributed by atoms with E-state index < -0.39 is 0 Å². The highest BCUT2D eigenvalue weighted by molar-refractivity contribution is 5.99. The number of carbonyl (C=O) groups is 1. The lowest BCUT2D eigenvalue weighted by Crippen LogP contribution is -2.38. The summed E-state index contributed by atoms with van der Waals surface area (Å²) in [5.41, 5.74) is 3.48. The first-order valence-corrected chi connectivity index (χ1v) is 9.95. The first-order valence-electron chi connectivity index (χ1n) is 9.95. The molecule has 4 rings (SSSR count). The molecule has 28 heavy (non-hydrogen) atoms. The lowest BCUT2D eigenvalue weighted by molar-refractivity contribution is 0.0945. The zero-order valence-electron chi connectivity index (χ0n) is 16.0. The van der Waals surface area contributed by atoms with Crippen LogP contribution < -0.4 is 10.6 Å². The van der Waals surface area contributed by atoms with Crippen LogP contribution >= 0.6 is 0 Å². The Bertz CT molecular complexity index is 899. The third-order valence-electron chi connectivity index (χ3n) is 5.19. The molecular weight excluding hydrogens is 348 g/mol. The standard InChI is InChI=1S/C23H26N4O/c28-23(25-15-19-10-7-13-24-14-19)21-17-27(16-18-8-3-1-4-9-18)26-22(21)20-11-5-2-6-12-20/h1-6,8-9,11-12,17,19,24H,7,10,13-16H2,(H,25,28). The van der Waals surface area contributed by atoms with E-state index in [1.165, 1.54) is 6.42 Å². The molecule has 5 heteroatoms. The Morgan fingerprint density at radius 3 is 2.57 bits per heavy atom. The molecule has 2 aromatic carbocycles. The predicted octanol–water partition coefficient (Wildman–Crippen LogP) is 3.33. The number of benzene rings is 2. The van der Waals surface area contributed by atoms with E-state index in [-0.39, 0.29) is 5.91 Å². The van der Waals surface area contributed by atoms with Crippen LogP contribution in [0.5, 0.6) is 0 Å². The number of amides is 1. The van der Waals surface area contributed by atoms with Crippen molar-refractivity contribution in [3.63, 3.8) is 0 Å². The van der Waals surface area contributed by atoms with E-state index in [1.54, 1.807) is 0 Å². The van der Waals surface area contributed by atoms with Gasteiger partial charge in [-0.05, 0) is 37.4 Å². The second-order valence-electron chi connectivity index (χ2n) is 7.36. The van der Waals surface area contributed by atoms with E-state index in [2.05, 4.69) is 22.8 Å². The fourth-order valence-electron chi connectivity index (χ4n) is 3.68. The van der Waals surface area contributed by atoms with Gasteiger partial charge in [0, 0.05) is 18.3 Å². The summed E-state index contributed by atoms with van der Waals surface area (Å²) in [7, 11) is 0. The maximum atomic E-state index is 13.0. The topological polar surface area (TPSA) is 59.0 Å². The minimum atomic E-state index is -0.0521. The highest BCUT2D eigenvalue weighted by atomic mass is 16.1. The third kappa shape index (κ3) is 4.49. The molecule has 1 aliphatic heterocycles. The lowest BCUT2D eigenvalue weighted by Gasteiger charge is -2.22. The Kier molecular flexibility index (Phi) is 5.83. The third-order valence-corrected chi connectivity index (χ3v) is 5.19. The largest absolute Gasteiger partial charge is 0.352 e. The van der Waals surface area contributed by atoms with Crippen LogP contribution in [0.1, 0.15) is 28.8 Å². The lowest BCUT2D eigenvalue weighted by atomic mass is 9.99. The number of nitrogens with one attached hydrogen (secondary N) is 2. The molecule has 1 aliphatic rings. The minimum absolute atomic E-state index is 0.0521. The van der Waals surface area contributed by atoms with Crippen LogP contribution in [0.4, 0.5) is 0 Å². The highest BCUT2D eigenvalue weighted by Gasteiger charge is 2.20. The van der Waals surface area contributed by atoms with Crippen molar-refractivity contribution < 1.29 is 4.79 Å². The van der Waals surface area contributed by atoms with Gasteiger partial charge in [0.1, 0.15) is 5.69 Å². The van der Waals surface area contributed by atoms with Crippen molar-refractivity contribution in [2.75, 3.05) is 19.6 Å². The SMILES string of the molecule is O=C(NCC1CCCNC1)c1cn(Cc2ccccc2)nc1-c1ccccc1. The fourth-order valence-corrected chi connectivity index (χ4v) is 3.68. The summed E-state index contributed by atoms with van der Waals surface area (Å²) in [4.78, 5) is 13.0. The van der Waals surface area contributed by atoms with Crippen LogP contribution in [0.2, 0.25) is 0 Å². The monoisotopic (exact) mass is 374 g/mol. The molecule has 1 amide bonds. The Hall–Kier alpha value is -2.92. The van der Waals surface area contributed by atoms with Crippen LogP contribution in [0.3, 0.4) is 0 Å². The smallest absolute Gasteiger partial charge is 0.255 e. The van der Waals surface area contributed by atoms with E-state index >= 15 is 0 Å². The van der Waals surface area contributed by atoms with E-state index in [0.29, 0.717) is 24.6 Å². The molecule has 0 saturated carbocycles. The number of nitrogens with zero attached hydrogens (tertiary/aromatic N) is 2. The van der Waals surface area contributed by atoms with Crippen molar-refractivity contribution in [2.24, 2.45) is 5.92 Å². The normalized spacial score (nSPS) is 16.6. The van der Waals surface area contributed by atoms with E-state index in [4.69, 9.17) is 5.10 Å². The van der Waals surface area contributed by atoms with Crippen LogP contribution in [-0.2, 0) is 6.54 Å². The van der Waals surface area contributed by atoms with Crippen LogP contribution in [-0.4, -0.2) is 35.3 Å². The Morgan fingerprint density at radius 2 is 1.86 bits per heavy atom. The molecule has 0 aliphatic carbocycles. The minimum Gasteiger partial charge on any atom is -0.352 e. The molecule has 1 fully saturated rings. The molecule has 3 aromatic rings. The maximum Gasteiger partial charge on any atom is 0.255 e. The number of piperidine rings is 1. The molecule has 1 saturated heterocycles. The summed E-state index contributed by atoms with van der Waals surface area (Å²) >= 11 is 0. The second-order valence-corrected chi connectivity index (χ2v) is 7.36. The van der Waals surface area contributed by atoms with Gasteiger partial charge in [0.2, 0.25) is 0 Å². The first kappa shape index (κ1) is 18.4. The summed E-state index contributed by atoms with van der Waals surface area (Å²) < 4.78 is 1.86. The summed E-state index contributed by atoms with van der Waals surface area (Å²) in [6.45, 7) is 3.39. The molecule has 2 heterocycles. The van der Waals surface area contributed by atoms with Gasteiger partial charge in [-0.25, -0.2) is 0 Å². The fraction of sp³-hybridized carbons (Fsp3) is 0.304. The highest BCUT2D eigenvalue weighted by Crippen LogP contribution is 2.22. The quantitative estimate of drug-likeness (QED) is 0.696. The van der Waals surface area contributed by atoms with Gasteiger partial charge in [-0.3, -0.25) is 9.48 Å². The summed E-state index contributed by atoms with van der Waals surface area (Å²) in [5.74, 6) is 0.445. The van der Waals surface area contributed by atoms with Crippen molar-refractivity contribution in [2.45, 2.75) is 19.4 Å². The van der Waals surface area contributed by atoms with E-state index in [9.17, 15) is 4.79 Å². The molecule has 0 radical (unpaired) electrons. The van der Waals surface area contributed by atoms with Gasteiger partial charge in [-0.15, -0.1) is 0 Å². The van der Waals surface area contributed by atoms with Gasteiger partial charge in [-0.1, -0.05) is 60.7 Å². The van der Waals surface area contributed by atoms with Crippen LogP contribution in [0.15, 0.2) is 66.9 Å². The summed E-state index contributed by atoms with van der Waals surface area (Å²) in [5, 5.41) is 11.3. The van der Waals surface area contributed by atoms with Crippen molar-refractivity contribution >= 4 is 5.91 Å². The van der Waals surface area contributed by atoms with Crippen LogP contribution in [0.25, 0.3) is 11.3 Å². The maximum absolute atomic E-state index is 13.0. The molecule has 0 spiro atoms. The van der Waals surface area contributed by atoms with Gasteiger partial charge in [0.25, 0.3) is 5.91 Å². The predicted molar refractivity (Wildman–Crippen MR) is 111 cm³/mol. The summed E-state index contributed by atoms with van der Waals surface area (Å²) in [6, 6.07) is 20.1. The Labute approximate surface area is 165 Å². The van der Waals surface area contributed by atoms with Gasteiger partial charge in [0.05, 0.1) is 12.1 Å². The second kappa shape index (κ2) is 8.85. The van der Waals surface area contributed by atoms with Gasteiger partial charge in [-0.2, -0.15) is 5.10 Å². The van der Waals surface area contributed by atoms with Crippen molar-refractivity contribution in [1.29, 1.82) is 0 Å². The zero-order valence-corrected chi connectivity index (χ0v) is 16.0. The number of carbonyl (C=O) groups excluding carboxylic acids is 1. The van der Waals surface area contributed by atoms with Crippen molar-refractivity contribution in [3.8, 4) is 11.3 Å². The number of hydrogen-bond donors (Lipinski definition) is 2. The Morgan fingerprint density at radius 1 is 1.11 bits per heavy atom. The van der Waals surface area contributed by atoms with E-state index in [1.807, 2.05) is 59.4 Å². The van der Waals surface area contributed by atoms with Crippen molar-refractivity contribution in [3.05, 3.63) is 78.0 Å². The van der Waals surface area contributed by atoms with Crippen molar-refractivity contribution in [1.82, 2.24) is 20.4 Å². The zero-order chi connectivity index (χ0) is 19.2. The molecule has 1 aromatic heterocycles. The van der Waals surface area contributed by atoms with Gasteiger partial charge in [0.15, 0.2) is 0 Å². The number of hydrogen-bond acceptors (Lipinski definition) is 3. The summed E-state index contributed by atoms with van der Waals surface area (Å²) in [6.07, 6.45) is 4.20. The van der Waals surface area contributed by atoms with Crippen LogP contribution in [0, 0.1) is 5.92 Å². The molecule has 2 N–H and O–H groups in total. The average molecular weight is 374 g/mol. The van der Waals surface area contributed by atoms with Gasteiger partial charge < -0.3 is 10.6 Å². The average Bonchev–Trinajstić information content (AvgIpc) is 3.18. The molecule has 1 atom stereocenters. The molecule has 0 bridgehead atoms. The van der Waals surface area contributed by atoms with E-state index in [0.717, 1.165) is 36.3 Å². The first-order chi connectivity index (χ1) is 13.8.